The Bertz CT molecular complexity index is 272. The van der Waals surface area contributed by atoms with Crippen LogP contribution in [-0.4, -0.2) is 16.6 Å². The van der Waals surface area contributed by atoms with Crippen LogP contribution in [0.3, 0.4) is 0 Å². The summed E-state index contributed by atoms with van der Waals surface area (Å²) in [5.74, 6) is -0.460. The second-order valence-electron chi connectivity index (χ2n) is 1.97. The van der Waals surface area contributed by atoms with Crippen LogP contribution in [0, 0.1) is 0 Å². The molecule has 1 rings (SSSR count). The second kappa shape index (κ2) is 2.92. The van der Waals surface area contributed by atoms with Crippen LogP contribution in [0.1, 0.15) is 0 Å². The lowest BCUT2D eigenvalue weighted by molar-refractivity contribution is -0.105. The van der Waals surface area contributed by atoms with Crippen molar-refractivity contribution in [2.45, 2.75) is 0 Å². The number of benzene rings is 1. The predicted molar refractivity (Wildman–Crippen MR) is 39.5 cm³/mol. The third kappa shape index (κ3) is 1.61. The van der Waals surface area contributed by atoms with Crippen LogP contribution in [0.5, 0.6) is 11.5 Å². The first kappa shape index (κ1) is 7.40. The molecule has 58 valence electrons. The fraction of sp³-hybridized carbons (Fsp3) is 0. The molecule has 0 aliphatic heterocycles. The number of amides is 1. The van der Waals surface area contributed by atoms with Crippen LogP contribution in [0.15, 0.2) is 18.2 Å². The molecule has 3 N–H and O–H groups in total. The van der Waals surface area contributed by atoms with Gasteiger partial charge < -0.3 is 15.5 Å². The highest BCUT2D eigenvalue weighted by molar-refractivity contribution is 5.72. The van der Waals surface area contributed by atoms with Gasteiger partial charge in [-0.15, -0.1) is 0 Å². The van der Waals surface area contributed by atoms with Gasteiger partial charge in [-0.05, 0) is 12.1 Å². The number of rotatable bonds is 2. The van der Waals surface area contributed by atoms with Gasteiger partial charge in [-0.2, -0.15) is 0 Å². The molecule has 0 saturated heterocycles. The van der Waals surface area contributed by atoms with Gasteiger partial charge in [-0.3, -0.25) is 4.79 Å². The summed E-state index contributed by atoms with van der Waals surface area (Å²) in [6.45, 7) is 0. The van der Waals surface area contributed by atoms with Crippen molar-refractivity contribution in [3.63, 3.8) is 0 Å². The lowest BCUT2D eigenvalue weighted by Gasteiger charge is -1.99. The zero-order chi connectivity index (χ0) is 8.27. The molecule has 0 aromatic heterocycles. The number of carbonyl (C=O) groups is 1. The molecule has 1 amide bonds. The normalized spacial score (nSPS) is 9.09. The molecule has 0 atom stereocenters. The standard InChI is InChI=1S/C7H7NO3/c9-4-8-5-1-2-6(10)7(11)3-5/h1-4,10-11H,(H,8,9). The molecule has 0 radical (unpaired) electrons. The third-order valence-corrected chi connectivity index (χ3v) is 1.20. The average molecular weight is 153 g/mol. The number of phenols is 2. The van der Waals surface area contributed by atoms with Gasteiger partial charge in [0.2, 0.25) is 6.41 Å². The Morgan fingerprint density at radius 1 is 1.27 bits per heavy atom. The van der Waals surface area contributed by atoms with Gasteiger partial charge in [-0.1, -0.05) is 0 Å². The van der Waals surface area contributed by atoms with Crippen LogP contribution in [0.4, 0.5) is 5.69 Å². The maximum absolute atomic E-state index is 9.92. The van der Waals surface area contributed by atoms with Gasteiger partial charge >= 0.3 is 0 Å². The van der Waals surface area contributed by atoms with E-state index >= 15 is 0 Å². The third-order valence-electron chi connectivity index (χ3n) is 1.20. The topological polar surface area (TPSA) is 69.6 Å². The first-order valence-electron chi connectivity index (χ1n) is 2.96. The molecule has 0 heterocycles. The molecule has 1 aromatic carbocycles. The molecule has 0 bridgehead atoms. The van der Waals surface area contributed by atoms with Crippen LogP contribution in [0.25, 0.3) is 0 Å². The van der Waals surface area contributed by atoms with E-state index < -0.39 is 0 Å². The van der Waals surface area contributed by atoms with E-state index in [2.05, 4.69) is 5.32 Å². The maximum atomic E-state index is 9.92. The number of anilines is 1. The van der Waals surface area contributed by atoms with Crippen molar-refractivity contribution < 1.29 is 15.0 Å². The van der Waals surface area contributed by atoms with E-state index in [4.69, 9.17) is 10.2 Å². The lowest BCUT2D eigenvalue weighted by atomic mass is 10.3. The van der Waals surface area contributed by atoms with Gasteiger partial charge in [0.05, 0.1) is 0 Å². The molecule has 0 aliphatic carbocycles. The first-order chi connectivity index (χ1) is 5.24. The van der Waals surface area contributed by atoms with Crippen molar-refractivity contribution >= 4 is 12.1 Å². The fourth-order valence-electron chi connectivity index (χ4n) is 0.681. The van der Waals surface area contributed by atoms with Crippen LogP contribution in [-0.2, 0) is 4.79 Å². The second-order valence-corrected chi connectivity index (χ2v) is 1.97. The highest BCUT2D eigenvalue weighted by atomic mass is 16.3. The Morgan fingerprint density at radius 3 is 2.55 bits per heavy atom. The summed E-state index contributed by atoms with van der Waals surface area (Å²) in [6, 6.07) is 4.02. The van der Waals surface area contributed by atoms with Gasteiger partial charge in [0, 0.05) is 11.8 Å². The van der Waals surface area contributed by atoms with Gasteiger partial charge in [0.25, 0.3) is 0 Å². The zero-order valence-corrected chi connectivity index (χ0v) is 5.61. The molecule has 0 spiro atoms. The Balaban J connectivity index is 2.95. The van der Waals surface area contributed by atoms with E-state index in [0.717, 1.165) is 0 Å². The highest BCUT2D eigenvalue weighted by Gasteiger charge is 1.98. The fourth-order valence-corrected chi connectivity index (χ4v) is 0.681. The van der Waals surface area contributed by atoms with Crippen molar-refractivity contribution in [1.29, 1.82) is 0 Å². The molecule has 0 saturated carbocycles. The Labute approximate surface area is 63.1 Å². The van der Waals surface area contributed by atoms with Crippen molar-refractivity contribution in [3.8, 4) is 11.5 Å². The number of phenolic OH excluding ortho intramolecular Hbond substituents is 2. The first-order valence-corrected chi connectivity index (χ1v) is 2.96. The molecular formula is C7H7NO3. The van der Waals surface area contributed by atoms with E-state index in [9.17, 15) is 4.79 Å². The summed E-state index contributed by atoms with van der Waals surface area (Å²) in [4.78, 5) is 9.92. The van der Waals surface area contributed by atoms with E-state index in [1.165, 1.54) is 18.2 Å². The summed E-state index contributed by atoms with van der Waals surface area (Å²) >= 11 is 0. The number of hydrogen-bond acceptors (Lipinski definition) is 3. The van der Waals surface area contributed by atoms with Crippen LogP contribution in [0.2, 0.25) is 0 Å². The number of hydrogen-bond donors (Lipinski definition) is 3. The van der Waals surface area contributed by atoms with E-state index in [1.807, 2.05) is 0 Å². The lowest BCUT2D eigenvalue weighted by Crippen LogP contribution is -1.92. The maximum Gasteiger partial charge on any atom is 0.211 e. The monoisotopic (exact) mass is 153 g/mol. The van der Waals surface area contributed by atoms with Crippen molar-refractivity contribution in [3.05, 3.63) is 18.2 Å². The van der Waals surface area contributed by atoms with Gasteiger partial charge in [-0.25, -0.2) is 0 Å². The molecule has 4 nitrogen and oxygen atoms in total. The summed E-state index contributed by atoms with van der Waals surface area (Å²) in [5.41, 5.74) is 0.440. The molecule has 11 heavy (non-hydrogen) atoms. The van der Waals surface area contributed by atoms with E-state index in [1.54, 1.807) is 0 Å². The minimum Gasteiger partial charge on any atom is -0.504 e. The summed E-state index contributed by atoms with van der Waals surface area (Å²) in [6.07, 6.45) is 0.492. The molecule has 1 aromatic rings. The van der Waals surface area contributed by atoms with Crippen molar-refractivity contribution in [2.24, 2.45) is 0 Å². The smallest absolute Gasteiger partial charge is 0.211 e. The SMILES string of the molecule is O=CNc1ccc(O)c(O)c1. The molecular weight excluding hydrogens is 146 g/mol. The van der Waals surface area contributed by atoms with E-state index in [0.29, 0.717) is 12.1 Å². The molecule has 4 heteroatoms. The summed E-state index contributed by atoms with van der Waals surface area (Å²) in [7, 11) is 0. The number of carbonyl (C=O) groups excluding carboxylic acids is 1. The Kier molecular flexibility index (Phi) is 1.96. The zero-order valence-electron chi connectivity index (χ0n) is 5.61. The Morgan fingerprint density at radius 2 is 2.00 bits per heavy atom. The summed E-state index contributed by atoms with van der Waals surface area (Å²) in [5, 5.41) is 20.1. The minimum atomic E-state index is -0.253. The molecule has 0 aliphatic rings. The van der Waals surface area contributed by atoms with Crippen LogP contribution >= 0.6 is 0 Å². The molecule has 0 unspecified atom stereocenters. The molecule has 0 fully saturated rings. The Hall–Kier alpha value is -1.71. The highest BCUT2D eigenvalue weighted by Crippen LogP contribution is 2.26. The van der Waals surface area contributed by atoms with E-state index in [-0.39, 0.29) is 11.5 Å². The number of aromatic hydroxyl groups is 2. The van der Waals surface area contributed by atoms with Crippen LogP contribution < -0.4 is 5.32 Å². The largest absolute Gasteiger partial charge is 0.504 e. The quantitative estimate of drug-likeness (QED) is 0.332. The van der Waals surface area contributed by atoms with Crippen molar-refractivity contribution in [1.82, 2.24) is 0 Å². The minimum absolute atomic E-state index is 0.207. The average Bonchev–Trinajstić information content (AvgIpc) is 1.98. The predicted octanol–water partition coefficient (Wildman–Crippen LogP) is 0.666. The number of nitrogens with one attached hydrogen (secondary N) is 1. The van der Waals surface area contributed by atoms with Gasteiger partial charge in [0.1, 0.15) is 0 Å². The van der Waals surface area contributed by atoms with Crippen molar-refractivity contribution in [2.75, 3.05) is 5.32 Å². The summed E-state index contributed by atoms with van der Waals surface area (Å²) < 4.78 is 0. The van der Waals surface area contributed by atoms with Gasteiger partial charge in [0.15, 0.2) is 11.5 Å².